The van der Waals surface area contributed by atoms with Gasteiger partial charge < -0.3 is 10.1 Å². The number of thioether (sulfide) groups is 1. The van der Waals surface area contributed by atoms with Crippen LogP contribution in [0.25, 0.3) is 0 Å². The van der Waals surface area contributed by atoms with E-state index in [-0.39, 0.29) is 16.3 Å². The lowest BCUT2D eigenvalue weighted by Crippen LogP contribution is -2.21. The molecule has 2 aromatic carbocycles. The Morgan fingerprint density at radius 2 is 1.85 bits per heavy atom. The molecule has 10 heteroatoms. The predicted octanol–water partition coefficient (Wildman–Crippen LogP) is 3.15. The van der Waals surface area contributed by atoms with Gasteiger partial charge in [0.1, 0.15) is 11.6 Å². The number of non-ortho nitro benzene ring substituents is 1. The minimum absolute atomic E-state index is 0.0442. The number of carbonyl (C=O) groups is 2. The van der Waals surface area contributed by atoms with E-state index in [1.807, 2.05) is 0 Å². The summed E-state index contributed by atoms with van der Waals surface area (Å²) in [5.74, 6) is -3.03. The van der Waals surface area contributed by atoms with Gasteiger partial charge >= 0.3 is 5.97 Å². The summed E-state index contributed by atoms with van der Waals surface area (Å²) in [6.07, 6.45) is 0. The van der Waals surface area contributed by atoms with Crippen molar-refractivity contribution in [1.82, 2.24) is 0 Å². The van der Waals surface area contributed by atoms with E-state index in [1.165, 1.54) is 24.3 Å². The number of halogens is 2. The van der Waals surface area contributed by atoms with Crippen molar-refractivity contribution < 1.29 is 28.0 Å². The van der Waals surface area contributed by atoms with E-state index in [9.17, 15) is 28.5 Å². The molecular weight excluding hydrogens is 370 g/mol. The molecular formula is C16H12F2N2O5S. The molecule has 136 valence electrons. The lowest BCUT2D eigenvalue weighted by atomic mass is 10.3. The van der Waals surface area contributed by atoms with Crippen LogP contribution in [0.3, 0.4) is 0 Å². The fourth-order valence-electron chi connectivity index (χ4n) is 1.78. The number of carbonyl (C=O) groups excluding carboxylic acids is 2. The number of nitrogens with zero attached hydrogens (tertiary/aromatic N) is 1. The second kappa shape index (κ2) is 8.90. The van der Waals surface area contributed by atoms with E-state index in [4.69, 9.17) is 4.74 Å². The normalized spacial score (nSPS) is 10.2. The van der Waals surface area contributed by atoms with Gasteiger partial charge in [0.25, 0.3) is 11.6 Å². The third-order valence-corrected chi connectivity index (χ3v) is 3.97. The summed E-state index contributed by atoms with van der Waals surface area (Å²) in [6, 6.07) is 7.95. The molecule has 0 aromatic heterocycles. The second-order valence-electron chi connectivity index (χ2n) is 4.88. The number of nitrogens with one attached hydrogen (secondary N) is 1. The molecule has 1 N–H and O–H groups in total. The van der Waals surface area contributed by atoms with Crippen molar-refractivity contribution in [2.45, 2.75) is 4.90 Å². The predicted molar refractivity (Wildman–Crippen MR) is 89.8 cm³/mol. The van der Waals surface area contributed by atoms with Gasteiger partial charge in [-0.3, -0.25) is 19.7 Å². The quantitative estimate of drug-likeness (QED) is 0.342. The summed E-state index contributed by atoms with van der Waals surface area (Å²) in [6.45, 7) is -0.581. The van der Waals surface area contributed by atoms with Crippen LogP contribution in [0, 0.1) is 21.7 Å². The topological polar surface area (TPSA) is 98.5 Å². The summed E-state index contributed by atoms with van der Waals surface area (Å²) in [4.78, 5) is 33.2. The van der Waals surface area contributed by atoms with Crippen molar-refractivity contribution in [2.75, 3.05) is 17.7 Å². The largest absolute Gasteiger partial charge is 0.455 e. The molecule has 0 atom stereocenters. The number of rotatable bonds is 7. The number of nitro groups is 1. The Balaban J connectivity index is 1.76. The van der Waals surface area contributed by atoms with Crippen LogP contribution in [0.5, 0.6) is 0 Å². The van der Waals surface area contributed by atoms with Crippen LogP contribution in [0.1, 0.15) is 0 Å². The zero-order valence-electron chi connectivity index (χ0n) is 13.1. The van der Waals surface area contributed by atoms with Gasteiger partial charge in [0, 0.05) is 22.7 Å². The van der Waals surface area contributed by atoms with E-state index in [0.717, 1.165) is 30.0 Å². The summed E-state index contributed by atoms with van der Waals surface area (Å²) in [5, 5.41) is 12.9. The molecule has 0 aliphatic heterocycles. The van der Waals surface area contributed by atoms with Gasteiger partial charge in [-0.15, -0.1) is 11.8 Å². The van der Waals surface area contributed by atoms with Crippen LogP contribution in [0.4, 0.5) is 20.2 Å². The molecule has 2 rings (SSSR count). The number of amides is 1. The van der Waals surface area contributed by atoms with Gasteiger partial charge in [-0.25, -0.2) is 8.78 Å². The highest BCUT2D eigenvalue weighted by Crippen LogP contribution is 2.22. The maximum Gasteiger partial charge on any atom is 0.316 e. The Labute approximate surface area is 150 Å². The van der Waals surface area contributed by atoms with Crippen LogP contribution in [0.2, 0.25) is 0 Å². The highest BCUT2D eigenvalue weighted by Gasteiger charge is 2.12. The molecule has 0 unspecified atom stereocenters. The number of esters is 1. The van der Waals surface area contributed by atoms with Crippen LogP contribution in [0.15, 0.2) is 47.4 Å². The van der Waals surface area contributed by atoms with Gasteiger partial charge in [0.2, 0.25) is 0 Å². The van der Waals surface area contributed by atoms with E-state index >= 15 is 0 Å². The van der Waals surface area contributed by atoms with Gasteiger partial charge in [-0.1, -0.05) is 0 Å². The van der Waals surface area contributed by atoms with Crippen LogP contribution >= 0.6 is 11.8 Å². The number of nitro benzene ring substituents is 1. The minimum atomic E-state index is -0.780. The molecule has 7 nitrogen and oxygen atoms in total. The van der Waals surface area contributed by atoms with Crippen LogP contribution in [-0.4, -0.2) is 29.2 Å². The van der Waals surface area contributed by atoms with Crippen molar-refractivity contribution in [2.24, 2.45) is 0 Å². The first kappa shape index (κ1) is 19.3. The molecule has 1 amide bonds. The van der Waals surface area contributed by atoms with Crippen molar-refractivity contribution in [1.29, 1.82) is 0 Å². The highest BCUT2D eigenvalue weighted by atomic mass is 32.2. The lowest BCUT2D eigenvalue weighted by molar-refractivity contribution is -0.384. The Hall–Kier alpha value is -3.01. The SMILES string of the molecule is O=C(COC(=O)CSc1cc(F)ccc1F)Nc1ccc([N+](=O)[O-])cc1. The monoisotopic (exact) mass is 382 g/mol. The van der Waals surface area contributed by atoms with Crippen molar-refractivity contribution in [3.63, 3.8) is 0 Å². The van der Waals surface area contributed by atoms with Crippen LogP contribution in [-0.2, 0) is 14.3 Å². The Morgan fingerprint density at radius 1 is 1.15 bits per heavy atom. The first-order valence-electron chi connectivity index (χ1n) is 7.13. The molecule has 0 aliphatic rings. The first-order valence-corrected chi connectivity index (χ1v) is 8.11. The first-order chi connectivity index (χ1) is 12.3. The number of hydrogen-bond donors (Lipinski definition) is 1. The molecule has 0 aliphatic carbocycles. The second-order valence-corrected chi connectivity index (χ2v) is 5.89. The molecule has 0 heterocycles. The fraction of sp³-hybridized carbons (Fsp3) is 0.125. The standard InChI is InChI=1S/C16H12F2N2O5S/c17-10-1-6-13(18)14(7-10)26-9-16(22)25-8-15(21)19-11-2-4-12(5-3-11)20(23)24/h1-7H,8-9H2,(H,19,21). The zero-order chi connectivity index (χ0) is 19.1. The molecule has 0 fully saturated rings. The Bertz CT molecular complexity index is 830. The van der Waals surface area contributed by atoms with Gasteiger partial charge in [0.15, 0.2) is 6.61 Å². The third-order valence-electron chi connectivity index (χ3n) is 2.96. The number of ether oxygens (including phenoxy) is 1. The molecule has 2 aromatic rings. The molecule has 0 bridgehead atoms. The summed E-state index contributed by atoms with van der Waals surface area (Å²) in [5.41, 5.74) is 0.170. The molecule has 0 saturated heterocycles. The average molecular weight is 382 g/mol. The fourth-order valence-corrected chi connectivity index (χ4v) is 2.53. The molecule has 0 spiro atoms. The Morgan fingerprint density at radius 3 is 2.50 bits per heavy atom. The van der Waals surface area contributed by atoms with Crippen molar-refractivity contribution >= 4 is 35.0 Å². The number of anilines is 1. The van der Waals surface area contributed by atoms with Gasteiger partial charge in [0.05, 0.1) is 10.7 Å². The van der Waals surface area contributed by atoms with E-state index < -0.39 is 35.0 Å². The number of benzene rings is 2. The summed E-state index contributed by atoms with van der Waals surface area (Å²) >= 11 is 0.744. The third kappa shape index (κ3) is 5.81. The maximum atomic E-state index is 13.4. The smallest absolute Gasteiger partial charge is 0.316 e. The van der Waals surface area contributed by atoms with Gasteiger partial charge in [-0.05, 0) is 30.3 Å². The summed E-state index contributed by atoms with van der Waals surface area (Å²) in [7, 11) is 0. The van der Waals surface area contributed by atoms with E-state index in [0.29, 0.717) is 5.69 Å². The van der Waals surface area contributed by atoms with E-state index in [2.05, 4.69) is 5.32 Å². The average Bonchev–Trinajstić information content (AvgIpc) is 2.61. The molecule has 0 saturated carbocycles. The number of hydrogen-bond acceptors (Lipinski definition) is 6. The lowest BCUT2D eigenvalue weighted by Gasteiger charge is -2.07. The van der Waals surface area contributed by atoms with Crippen molar-refractivity contribution in [3.05, 3.63) is 64.2 Å². The molecule has 0 radical (unpaired) electrons. The summed E-state index contributed by atoms with van der Waals surface area (Å²) < 4.78 is 31.2. The minimum Gasteiger partial charge on any atom is -0.455 e. The van der Waals surface area contributed by atoms with E-state index in [1.54, 1.807) is 0 Å². The maximum absolute atomic E-state index is 13.4. The molecule has 26 heavy (non-hydrogen) atoms. The van der Waals surface area contributed by atoms with Gasteiger partial charge in [-0.2, -0.15) is 0 Å². The van der Waals surface area contributed by atoms with Crippen molar-refractivity contribution in [3.8, 4) is 0 Å². The highest BCUT2D eigenvalue weighted by molar-refractivity contribution is 8.00. The van der Waals surface area contributed by atoms with Crippen LogP contribution < -0.4 is 5.32 Å². The zero-order valence-corrected chi connectivity index (χ0v) is 13.9. The Kier molecular flexibility index (Phi) is 6.61.